The first-order valence-corrected chi connectivity index (χ1v) is 9.36. The summed E-state index contributed by atoms with van der Waals surface area (Å²) in [6, 6.07) is 11.3. The van der Waals surface area contributed by atoms with Crippen LogP contribution in [0.4, 0.5) is 5.13 Å². The highest BCUT2D eigenvalue weighted by atomic mass is 35.5. The maximum absolute atomic E-state index is 12.1. The van der Waals surface area contributed by atoms with Gasteiger partial charge in [-0.15, -0.1) is 11.8 Å². The van der Waals surface area contributed by atoms with Crippen LogP contribution in [-0.4, -0.2) is 23.8 Å². The van der Waals surface area contributed by atoms with E-state index in [1.807, 2.05) is 43.3 Å². The molecule has 24 heavy (non-hydrogen) atoms. The predicted molar refractivity (Wildman–Crippen MR) is 102 cm³/mol. The summed E-state index contributed by atoms with van der Waals surface area (Å²) in [7, 11) is 1.63. The number of thiazole rings is 1. The zero-order valence-electron chi connectivity index (χ0n) is 13.1. The number of thioether (sulfide) groups is 1. The van der Waals surface area contributed by atoms with Crippen molar-refractivity contribution in [1.82, 2.24) is 4.98 Å². The van der Waals surface area contributed by atoms with E-state index in [0.29, 0.717) is 15.9 Å². The minimum atomic E-state index is -0.0846. The van der Waals surface area contributed by atoms with Crippen LogP contribution in [0, 0.1) is 6.92 Å². The van der Waals surface area contributed by atoms with Crippen LogP contribution in [-0.2, 0) is 4.79 Å². The van der Waals surface area contributed by atoms with Crippen molar-refractivity contribution in [2.75, 3.05) is 18.2 Å². The van der Waals surface area contributed by atoms with Crippen LogP contribution in [0.25, 0.3) is 10.2 Å². The Morgan fingerprint density at radius 3 is 2.79 bits per heavy atom. The highest BCUT2D eigenvalue weighted by molar-refractivity contribution is 8.00. The molecular formula is C17H15ClN2O2S2. The molecule has 0 atom stereocenters. The van der Waals surface area contributed by atoms with Gasteiger partial charge in [0.05, 0.1) is 23.1 Å². The third kappa shape index (κ3) is 4.01. The number of halogens is 1. The highest BCUT2D eigenvalue weighted by Crippen LogP contribution is 2.31. The van der Waals surface area contributed by atoms with E-state index >= 15 is 0 Å². The van der Waals surface area contributed by atoms with Crippen molar-refractivity contribution >= 4 is 56.0 Å². The molecule has 2 aromatic carbocycles. The molecule has 0 aliphatic carbocycles. The summed E-state index contributed by atoms with van der Waals surface area (Å²) in [5.41, 5.74) is 1.88. The van der Waals surface area contributed by atoms with E-state index < -0.39 is 0 Å². The Bertz CT molecular complexity index is 878. The van der Waals surface area contributed by atoms with Gasteiger partial charge >= 0.3 is 0 Å². The van der Waals surface area contributed by atoms with Crippen LogP contribution in [0.2, 0.25) is 5.02 Å². The lowest BCUT2D eigenvalue weighted by Gasteiger charge is -2.03. The van der Waals surface area contributed by atoms with Gasteiger partial charge in [0.2, 0.25) is 5.91 Å². The first kappa shape index (κ1) is 17.1. The molecule has 4 nitrogen and oxygen atoms in total. The van der Waals surface area contributed by atoms with E-state index in [0.717, 1.165) is 26.4 Å². The molecule has 0 fully saturated rings. The maximum atomic E-state index is 12.1. The summed E-state index contributed by atoms with van der Waals surface area (Å²) in [6.45, 7) is 1.96. The largest absolute Gasteiger partial charge is 0.497 e. The molecule has 0 spiro atoms. The first-order chi connectivity index (χ1) is 11.5. The average molecular weight is 379 g/mol. The number of anilines is 1. The monoisotopic (exact) mass is 378 g/mol. The van der Waals surface area contributed by atoms with Crippen LogP contribution in [0.3, 0.4) is 0 Å². The highest BCUT2D eigenvalue weighted by Gasteiger charge is 2.10. The van der Waals surface area contributed by atoms with Gasteiger partial charge in [0.15, 0.2) is 5.13 Å². The molecule has 1 amide bonds. The second kappa shape index (κ2) is 7.42. The van der Waals surface area contributed by atoms with Crippen LogP contribution < -0.4 is 10.1 Å². The number of aromatic nitrogens is 1. The molecule has 1 heterocycles. The van der Waals surface area contributed by atoms with Gasteiger partial charge in [0.25, 0.3) is 0 Å². The summed E-state index contributed by atoms with van der Waals surface area (Å²) >= 11 is 8.95. The van der Waals surface area contributed by atoms with Crippen LogP contribution in [0.1, 0.15) is 5.56 Å². The number of fused-ring (bicyclic) bond motifs is 1. The summed E-state index contributed by atoms with van der Waals surface area (Å²) in [5.74, 6) is 1.04. The molecular weight excluding hydrogens is 364 g/mol. The Kier molecular flexibility index (Phi) is 5.28. The zero-order chi connectivity index (χ0) is 17.1. The molecule has 0 unspecified atom stereocenters. The van der Waals surface area contributed by atoms with Crippen molar-refractivity contribution in [3.8, 4) is 5.75 Å². The number of ether oxygens (including phenoxy) is 1. The summed E-state index contributed by atoms with van der Waals surface area (Å²) in [4.78, 5) is 17.6. The third-order valence-electron chi connectivity index (χ3n) is 3.33. The van der Waals surface area contributed by atoms with Gasteiger partial charge in [0, 0.05) is 9.92 Å². The number of nitrogens with one attached hydrogen (secondary N) is 1. The van der Waals surface area contributed by atoms with Crippen molar-refractivity contribution < 1.29 is 9.53 Å². The normalized spacial score (nSPS) is 10.8. The number of carbonyl (C=O) groups is 1. The molecule has 0 aliphatic heterocycles. The van der Waals surface area contributed by atoms with Gasteiger partial charge < -0.3 is 10.1 Å². The van der Waals surface area contributed by atoms with Crippen LogP contribution in [0.15, 0.2) is 41.3 Å². The van der Waals surface area contributed by atoms with Gasteiger partial charge in [0.1, 0.15) is 5.75 Å². The Balaban J connectivity index is 1.63. The van der Waals surface area contributed by atoms with Gasteiger partial charge in [-0.2, -0.15) is 0 Å². The summed E-state index contributed by atoms with van der Waals surface area (Å²) in [6.07, 6.45) is 0. The SMILES string of the molecule is COc1ccc(SCC(=O)Nc2nc3c(C)cc(Cl)cc3s2)cc1. The number of amides is 1. The second-order valence-electron chi connectivity index (χ2n) is 5.10. The number of aryl methyl sites for hydroxylation is 1. The van der Waals surface area contributed by atoms with Gasteiger partial charge in [-0.25, -0.2) is 4.98 Å². The van der Waals surface area contributed by atoms with Crippen molar-refractivity contribution in [1.29, 1.82) is 0 Å². The second-order valence-corrected chi connectivity index (χ2v) is 7.62. The van der Waals surface area contributed by atoms with Gasteiger partial charge in [-0.3, -0.25) is 4.79 Å². The maximum Gasteiger partial charge on any atom is 0.236 e. The Hall–Kier alpha value is -1.76. The smallest absolute Gasteiger partial charge is 0.236 e. The lowest BCUT2D eigenvalue weighted by molar-refractivity contribution is -0.113. The van der Waals surface area contributed by atoms with Crippen molar-refractivity contribution in [2.45, 2.75) is 11.8 Å². The number of hydrogen-bond acceptors (Lipinski definition) is 5. The van der Waals surface area contributed by atoms with E-state index in [4.69, 9.17) is 16.3 Å². The van der Waals surface area contributed by atoms with Crippen molar-refractivity contribution in [3.05, 3.63) is 47.0 Å². The molecule has 0 saturated heterocycles. The Morgan fingerprint density at radius 2 is 2.08 bits per heavy atom. The molecule has 0 aliphatic rings. The molecule has 0 bridgehead atoms. The van der Waals surface area contributed by atoms with E-state index in [-0.39, 0.29) is 5.91 Å². The van der Waals surface area contributed by atoms with Crippen molar-refractivity contribution in [2.24, 2.45) is 0 Å². The molecule has 1 N–H and O–H groups in total. The van der Waals surface area contributed by atoms with Gasteiger partial charge in [-0.1, -0.05) is 22.9 Å². The first-order valence-electron chi connectivity index (χ1n) is 7.18. The summed E-state index contributed by atoms with van der Waals surface area (Å²) < 4.78 is 6.09. The molecule has 1 aromatic heterocycles. The number of carbonyl (C=O) groups excluding carboxylic acids is 1. The quantitative estimate of drug-likeness (QED) is 0.635. The summed E-state index contributed by atoms with van der Waals surface area (Å²) in [5, 5.41) is 4.12. The van der Waals surface area contributed by atoms with E-state index in [1.165, 1.54) is 23.1 Å². The number of rotatable bonds is 5. The third-order valence-corrected chi connectivity index (χ3v) is 5.47. The molecule has 124 valence electrons. The fourth-order valence-electron chi connectivity index (χ4n) is 2.18. The predicted octanol–water partition coefficient (Wildman–Crippen LogP) is 5.00. The lowest BCUT2D eigenvalue weighted by Crippen LogP contribution is -2.13. The van der Waals surface area contributed by atoms with E-state index in [2.05, 4.69) is 10.3 Å². The van der Waals surface area contributed by atoms with Crippen LogP contribution >= 0.6 is 34.7 Å². The van der Waals surface area contributed by atoms with E-state index in [9.17, 15) is 4.79 Å². The number of benzene rings is 2. The Labute approximate surface area is 153 Å². The number of methoxy groups -OCH3 is 1. The average Bonchev–Trinajstić information content (AvgIpc) is 2.96. The molecule has 7 heteroatoms. The fourth-order valence-corrected chi connectivity index (χ4v) is 4.22. The zero-order valence-corrected chi connectivity index (χ0v) is 15.5. The van der Waals surface area contributed by atoms with E-state index in [1.54, 1.807) is 7.11 Å². The van der Waals surface area contributed by atoms with Gasteiger partial charge in [-0.05, 0) is 48.9 Å². The minimum Gasteiger partial charge on any atom is -0.497 e. The lowest BCUT2D eigenvalue weighted by atomic mass is 10.2. The fraction of sp³-hybridized carbons (Fsp3) is 0.176. The Morgan fingerprint density at radius 1 is 1.33 bits per heavy atom. The molecule has 0 radical (unpaired) electrons. The number of nitrogens with zero attached hydrogens (tertiary/aromatic N) is 1. The molecule has 3 aromatic rings. The topological polar surface area (TPSA) is 51.2 Å². The standard InChI is InChI=1S/C17H15ClN2O2S2/c1-10-7-11(18)8-14-16(10)20-17(24-14)19-15(21)9-23-13-5-3-12(22-2)4-6-13/h3-8H,9H2,1-2H3,(H,19,20,21). The molecule has 0 saturated carbocycles. The minimum absolute atomic E-state index is 0.0846. The number of hydrogen-bond donors (Lipinski definition) is 1. The molecule has 3 rings (SSSR count). The van der Waals surface area contributed by atoms with Crippen molar-refractivity contribution in [3.63, 3.8) is 0 Å². The van der Waals surface area contributed by atoms with Crippen LogP contribution in [0.5, 0.6) is 5.75 Å².